The van der Waals surface area contributed by atoms with Gasteiger partial charge in [0.25, 0.3) is 0 Å². The molecule has 1 heterocycles. The Morgan fingerprint density at radius 3 is 2.65 bits per heavy atom. The van der Waals surface area contributed by atoms with E-state index in [0.29, 0.717) is 6.42 Å². The van der Waals surface area contributed by atoms with Crippen molar-refractivity contribution in [3.8, 4) is 0 Å². The standard InChI is InChI=1S/C13H15FN2O2S2/c1-16(8-7-10-4-3-9-19-10)20(17,18)13-11(14)5-2-6-12(13)15/h2-6,9H,7-8,15H2,1H3. The Kier molecular flexibility index (Phi) is 4.42. The third-order valence-electron chi connectivity index (χ3n) is 2.92. The highest BCUT2D eigenvalue weighted by atomic mass is 32.2. The maximum absolute atomic E-state index is 13.7. The van der Waals surface area contributed by atoms with Crippen molar-refractivity contribution in [2.24, 2.45) is 0 Å². The predicted octanol–water partition coefficient (Wildman–Crippen LogP) is 2.33. The first-order valence-corrected chi connectivity index (χ1v) is 8.27. The van der Waals surface area contributed by atoms with Gasteiger partial charge in [0.05, 0.1) is 5.69 Å². The maximum Gasteiger partial charge on any atom is 0.247 e. The van der Waals surface area contributed by atoms with Crippen molar-refractivity contribution in [3.05, 3.63) is 46.4 Å². The molecule has 20 heavy (non-hydrogen) atoms. The Balaban J connectivity index is 2.21. The molecule has 1 aromatic heterocycles. The summed E-state index contributed by atoms with van der Waals surface area (Å²) in [7, 11) is -2.49. The molecule has 1 aromatic carbocycles. The van der Waals surface area contributed by atoms with Crippen molar-refractivity contribution in [2.75, 3.05) is 19.3 Å². The Labute approximate surface area is 121 Å². The minimum atomic E-state index is -3.92. The molecule has 0 bridgehead atoms. The average molecular weight is 314 g/mol. The van der Waals surface area contributed by atoms with Gasteiger partial charge in [-0.3, -0.25) is 0 Å². The van der Waals surface area contributed by atoms with Crippen molar-refractivity contribution >= 4 is 27.0 Å². The summed E-state index contributed by atoms with van der Waals surface area (Å²) in [4.78, 5) is 0.627. The normalized spacial score (nSPS) is 11.9. The van der Waals surface area contributed by atoms with E-state index in [1.807, 2.05) is 17.5 Å². The number of halogens is 1. The monoisotopic (exact) mass is 314 g/mol. The second-order valence-corrected chi connectivity index (χ2v) is 7.33. The Hall–Kier alpha value is -1.44. The van der Waals surface area contributed by atoms with Crippen molar-refractivity contribution in [2.45, 2.75) is 11.3 Å². The molecule has 2 rings (SSSR count). The van der Waals surface area contributed by atoms with E-state index in [1.54, 1.807) is 11.3 Å². The minimum Gasteiger partial charge on any atom is -0.398 e. The van der Waals surface area contributed by atoms with Crippen LogP contribution in [-0.4, -0.2) is 26.3 Å². The van der Waals surface area contributed by atoms with Crippen molar-refractivity contribution in [1.82, 2.24) is 4.31 Å². The summed E-state index contributed by atoms with van der Waals surface area (Å²) in [5.41, 5.74) is 5.52. The topological polar surface area (TPSA) is 63.4 Å². The molecule has 0 saturated heterocycles. The van der Waals surface area contributed by atoms with Crippen LogP contribution in [0.5, 0.6) is 0 Å². The SMILES string of the molecule is CN(CCc1cccs1)S(=O)(=O)c1c(N)cccc1F. The lowest BCUT2D eigenvalue weighted by Gasteiger charge is -2.18. The number of nitrogens with two attached hydrogens (primary N) is 1. The van der Waals surface area contributed by atoms with E-state index < -0.39 is 20.7 Å². The number of anilines is 1. The molecule has 0 aliphatic rings. The van der Waals surface area contributed by atoms with Gasteiger partial charge in [-0.25, -0.2) is 17.1 Å². The summed E-state index contributed by atoms with van der Waals surface area (Å²) < 4.78 is 39.5. The number of hydrogen-bond acceptors (Lipinski definition) is 4. The Morgan fingerprint density at radius 1 is 1.30 bits per heavy atom. The summed E-state index contributed by atoms with van der Waals surface area (Å²) >= 11 is 1.56. The van der Waals surface area contributed by atoms with Gasteiger partial charge in [0.15, 0.2) is 0 Å². The second-order valence-electron chi connectivity index (χ2n) is 4.31. The molecular weight excluding hydrogens is 299 g/mol. The zero-order chi connectivity index (χ0) is 14.8. The van der Waals surface area contributed by atoms with E-state index in [2.05, 4.69) is 0 Å². The molecule has 0 spiro atoms. The summed E-state index contributed by atoms with van der Waals surface area (Å²) in [6.45, 7) is 0.274. The van der Waals surface area contributed by atoms with Crippen LogP contribution in [0.1, 0.15) is 4.88 Å². The van der Waals surface area contributed by atoms with Crippen LogP contribution in [-0.2, 0) is 16.4 Å². The van der Waals surface area contributed by atoms with Gasteiger partial charge in [-0.1, -0.05) is 12.1 Å². The van der Waals surface area contributed by atoms with Gasteiger partial charge in [0.1, 0.15) is 10.7 Å². The van der Waals surface area contributed by atoms with E-state index in [-0.39, 0.29) is 12.2 Å². The summed E-state index contributed by atoms with van der Waals surface area (Å²) in [6, 6.07) is 7.70. The van der Waals surface area contributed by atoms with E-state index in [0.717, 1.165) is 15.2 Å². The highest BCUT2D eigenvalue weighted by Crippen LogP contribution is 2.24. The average Bonchev–Trinajstić information content (AvgIpc) is 2.88. The summed E-state index contributed by atoms with van der Waals surface area (Å²) in [5, 5.41) is 1.93. The summed E-state index contributed by atoms with van der Waals surface area (Å²) in [5.74, 6) is -0.826. The molecule has 2 N–H and O–H groups in total. The fourth-order valence-corrected chi connectivity index (χ4v) is 3.82. The molecule has 0 aliphatic heterocycles. The molecule has 7 heteroatoms. The maximum atomic E-state index is 13.7. The lowest BCUT2D eigenvalue weighted by molar-refractivity contribution is 0.467. The molecular formula is C13H15FN2O2S2. The number of nitrogen functional groups attached to an aromatic ring is 1. The van der Waals surface area contributed by atoms with Crippen LogP contribution in [0.3, 0.4) is 0 Å². The van der Waals surface area contributed by atoms with Gasteiger partial charge < -0.3 is 5.73 Å². The van der Waals surface area contributed by atoms with Crippen LogP contribution in [0.15, 0.2) is 40.6 Å². The molecule has 0 aliphatic carbocycles. The molecule has 2 aromatic rings. The fraction of sp³-hybridized carbons (Fsp3) is 0.231. The predicted molar refractivity (Wildman–Crippen MR) is 78.7 cm³/mol. The third-order valence-corrected chi connectivity index (χ3v) is 5.80. The first kappa shape index (κ1) is 15.0. The zero-order valence-corrected chi connectivity index (χ0v) is 12.5. The Bertz CT molecular complexity index is 664. The Morgan fingerprint density at radius 2 is 2.05 bits per heavy atom. The smallest absolute Gasteiger partial charge is 0.247 e. The number of nitrogens with zero attached hydrogens (tertiary/aromatic N) is 1. The van der Waals surface area contributed by atoms with E-state index in [9.17, 15) is 12.8 Å². The van der Waals surface area contributed by atoms with E-state index >= 15 is 0 Å². The fourth-order valence-electron chi connectivity index (χ4n) is 1.80. The van der Waals surface area contributed by atoms with Crippen LogP contribution >= 0.6 is 11.3 Å². The van der Waals surface area contributed by atoms with Crippen molar-refractivity contribution < 1.29 is 12.8 Å². The molecule has 0 saturated carbocycles. The van der Waals surface area contributed by atoms with Crippen molar-refractivity contribution in [1.29, 1.82) is 0 Å². The van der Waals surface area contributed by atoms with Crippen LogP contribution in [0.25, 0.3) is 0 Å². The van der Waals surface area contributed by atoms with Gasteiger partial charge in [0, 0.05) is 18.5 Å². The number of benzene rings is 1. The first-order chi connectivity index (χ1) is 9.43. The highest BCUT2D eigenvalue weighted by molar-refractivity contribution is 7.89. The van der Waals surface area contributed by atoms with Crippen LogP contribution < -0.4 is 5.73 Å². The first-order valence-electron chi connectivity index (χ1n) is 5.95. The number of hydrogen-bond donors (Lipinski definition) is 1. The number of likely N-dealkylation sites (N-methyl/N-ethyl adjacent to an activating group) is 1. The molecule has 0 fully saturated rings. The zero-order valence-electron chi connectivity index (χ0n) is 10.9. The number of thiophene rings is 1. The van der Waals surface area contributed by atoms with Crippen LogP contribution in [0.4, 0.5) is 10.1 Å². The van der Waals surface area contributed by atoms with Gasteiger partial charge in [-0.2, -0.15) is 0 Å². The van der Waals surface area contributed by atoms with Crippen LogP contribution in [0.2, 0.25) is 0 Å². The molecule has 4 nitrogen and oxygen atoms in total. The van der Waals surface area contributed by atoms with E-state index in [1.165, 1.54) is 19.2 Å². The molecule has 0 radical (unpaired) electrons. The highest BCUT2D eigenvalue weighted by Gasteiger charge is 2.26. The molecule has 0 atom stereocenters. The largest absolute Gasteiger partial charge is 0.398 e. The minimum absolute atomic E-state index is 0.0760. The summed E-state index contributed by atoms with van der Waals surface area (Å²) in [6.07, 6.45) is 0.585. The van der Waals surface area contributed by atoms with Gasteiger partial charge in [0.2, 0.25) is 10.0 Å². The van der Waals surface area contributed by atoms with Crippen LogP contribution in [0, 0.1) is 5.82 Å². The molecule has 0 unspecified atom stereocenters. The van der Waals surface area contributed by atoms with E-state index in [4.69, 9.17) is 5.73 Å². The quantitative estimate of drug-likeness (QED) is 0.862. The number of rotatable bonds is 5. The van der Waals surface area contributed by atoms with Gasteiger partial charge in [-0.05, 0) is 30.0 Å². The third kappa shape index (κ3) is 3.00. The second kappa shape index (κ2) is 5.90. The van der Waals surface area contributed by atoms with Crippen molar-refractivity contribution in [3.63, 3.8) is 0 Å². The lowest BCUT2D eigenvalue weighted by Crippen LogP contribution is -2.30. The number of sulfonamides is 1. The van der Waals surface area contributed by atoms with Gasteiger partial charge >= 0.3 is 0 Å². The molecule has 108 valence electrons. The molecule has 0 amide bonds. The van der Waals surface area contributed by atoms with Gasteiger partial charge in [-0.15, -0.1) is 11.3 Å². The lowest BCUT2D eigenvalue weighted by atomic mass is 10.3.